The molecule has 3 aliphatic carbocycles. The van der Waals surface area contributed by atoms with Gasteiger partial charge in [0.15, 0.2) is 0 Å². The molecule has 0 N–H and O–H groups in total. The van der Waals surface area contributed by atoms with Gasteiger partial charge in [0.1, 0.15) is 6.10 Å². The normalized spacial score (nSPS) is 37.3. The largest absolute Gasteiger partial charge is 0.462 e. The van der Waals surface area contributed by atoms with E-state index in [0.717, 1.165) is 43.4 Å². The topological polar surface area (TPSA) is 46.6 Å². The number of hydrogen-bond donors (Lipinski definition) is 0. The Morgan fingerprint density at radius 1 is 0.868 bits per heavy atom. The van der Waals surface area contributed by atoms with E-state index in [1.165, 1.54) is 89.9 Å². The number of rotatable bonds is 13. The van der Waals surface area contributed by atoms with Crippen LogP contribution in [-0.4, -0.2) is 36.0 Å². The molecule has 4 heteroatoms. The maximum atomic E-state index is 12.7. The molecule has 1 amide bonds. The summed E-state index contributed by atoms with van der Waals surface area (Å²) in [5, 5.41) is 0. The number of esters is 1. The SMILES string of the molecule is CCCCCCCCCCCCC(=O)OC(C)[C@H]1CC[C@H]2[C@@H]3CC[C@H]4N(C)C(=O)CC[C@]4(C)[C@H]3CC[C@]12C. The van der Waals surface area contributed by atoms with E-state index in [9.17, 15) is 9.59 Å². The second-order valence-corrected chi connectivity index (χ2v) is 14.3. The number of carbonyl (C=O) groups is 2. The summed E-state index contributed by atoms with van der Waals surface area (Å²) in [6.45, 7) is 9.49. The Balaban J connectivity index is 1.22. The fourth-order valence-corrected chi connectivity index (χ4v) is 10.1. The van der Waals surface area contributed by atoms with E-state index in [2.05, 4.69) is 39.6 Å². The van der Waals surface area contributed by atoms with E-state index in [0.29, 0.717) is 24.3 Å². The fraction of sp³-hybridized carbons (Fsp3) is 0.941. The summed E-state index contributed by atoms with van der Waals surface area (Å²) in [5.74, 6) is 3.13. The summed E-state index contributed by atoms with van der Waals surface area (Å²) in [6, 6.07) is 0.428. The van der Waals surface area contributed by atoms with Gasteiger partial charge in [-0.15, -0.1) is 0 Å². The van der Waals surface area contributed by atoms with Crippen LogP contribution in [0.3, 0.4) is 0 Å². The molecule has 0 aromatic rings. The standard InChI is InChI=1S/C34H59NO3/c1-6-7-8-9-10-11-12-13-14-15-16-32(37)38-25(2)27-18-19-28-26-17-20-30-34(4,24-22-31(36)35(30)5)29(26)21-23-33(27,28)3/h25-30H,6-24H2,1-5H3/t25?,26-,27+,28-,29-,30+,33+,34+/m0/s1. The first-order valence-electron chi connectivity index (χ1n) is 16.7. The van der Waals surface area contributed by atoms with Crippen molar-refractivity contribution < 1.29 is 14.3 Å². The molecule has 4 aliphatic rings. The number of unbranched alkanes of at least 4 members (excludes halogenated alkanes) is 9. The minimum absolute atomic E-state index is 0.0285. The van der Waals surface area contributed by atoms with Crippen molar-refractivity contribution in [2.24, 2.45) is 34.5 Å². The molecule has 8 atom stereocenters. The molecule has 0 aromatic heterocycles. The minimum atomic E-state index is 0.0285. The van der Waals surface area contributed by atoms with Gasteiger partial charge in [-0.3, -0.25) is 9.59 Å². The third-order valence-corrected chi connectivity index (χ3v) is 12.2. The summed E-state index contributed by atoms with van der Waals surface area (Å²) < 4.78 is 6.12. The minimum Gasteiger partial charge on any atom is -0.462 e. The number of hydrogen-bond acceptors (Lipinski definition) is 3. The first-order chi connectivity index (χ1) is 18.2. The first kappa shape index (κ1) is 29.9. The van der Waals surface area contributed by atoms with Gasteiger partial charge in [0.05, 0.1) is 0 Å². The maximum Gasteiger partial charge on any atom is 0.306 e. The van der Waals surface area contributed by atoms with Gasteiger partial charge in [0, 0.05) is 31.8 Å². The molecule has 218 valence electrons. The van der Waals surface area contributed by atoms with E-state index in [-0.39, 0.29) is 22.9 Å². The van der Waals surface area contributed by atoms with Crippen molar-refractivity contribution in [3.05, 3.63) is 0 Å². The third kappa shape index (κ3) is 6.14. The summed E-state index contributed by atoms with van der Waals surface area (Å²) in [7, 11) is 2.05. The van der Waals surface area contributed by atoms with Gasteiger partial charge in [0.2, 0.25) is 5.91 Å². The maximum absolute atomic E-state index is 12.7. The zero-order valence-electron chi connectivity index (χ0n) is 25.6. The number of carbonyl (C=O) groups excluding carboxylic acids is 2. The van der Waals surface area contributed by atoms with Crippen molar-refractivity contribution in [2.75, 3.05) is 7.05 Å². The molecule has 0 bridgehead atoms. The van der Waals surface area contributed by atoms with Crippen LogP contribution in [0, 0.1) is 34.5 Å². The second kappa shape index (κ2) is 13.1. The Hall–Kier alpha value is -1.06. The van der Waals surface area contributed by atoms with Crippen molar-refractivity contribution in [2.45, 2.75) is 162 Å². The monoisotopic (exact) mass is 529 g/mol. The van der Waals surface area contributed by atoms with Crippen molar-refractivity contribution in [3.8, 4) is 0 Å². The molecule has 1 saturated heterocycles. The van der Waals surface area contributed by atoms with Crippen LogP contribution in [0.2, 0.25) is 0 Å². The van der Waals surface area contributed by atoms with Crippen LogP contribution < -0.4 is 0 Å². The fourth-order valence-electron chi connectivity index (χ4n) is 10.1. The Kier molecular flexibility index (Phi) is 10.3. The summed E-state index contributed by atoms with van der Waals surface area (Å²) in [5.41, 5.74) is 0.565. The molecule has 1 heterocycles. The summed E-state index contributed by atoms with van der Waals surface area (Å²) in [4.78, 5) is 27.3. The quantitative estimate of drug-likeness (QED) is 0.177. The molecule has 4 rings (SSSR count). The van der Waals surface area contributed by atoms with Crippen LogP contribution in [0.5, 0.6) is 0 Å². The summed E-state index contributed by atoms with van der Waals surface area (Å²) in [6.07, 6.45) is 22.8. The number of nitrogens with zero attached hydrogens (tertiary/aromatic N) is 1. The lowest BCUT2D eigenvalue weighted by Gasteiger charge is -2.62. The number of fused-ring (bicyclic) bond motifs is 5. The Bertz CT molecular complexity index is 797. The molecule has 38 heavy (non-hydrogen) atoms. The molecule has 0 aromatic carbocycles. The van der Waals surface area contributed by atoms with E-state index in [4.69, 9.17) is 4.74 Å². The average Bonchev–Trinajstić information content (AvgIpc) is 3.25. The van der Waals surface area contributed by atoms with Gasteiger partial charge in [0.25, 0.3) is 0 Å². The zero-order valence-corrected chi connectivity index (χ0v) is 25.6. The Labute approximate surface area is 234 Å². The first-order valence-corrected chi connectivity index (χ1v) is 16.7. The van der Waals surface area contributed by atoms with Crippen molar-refractivity contribution in [1.29, 1.82) is 0 Å². The highest BCUT2D eigenvalue weighted by Gasteiger charge is 2.61. The number of ether oxygens (including phenoxy) is 1. The van der Waals surface area contributed by atoms with Crippen LogP contribution in [-0.2, 0) is 14.3 Å². The van der Waals surface area contributed by atoms with Gasteiger partial charge < -0.3 is 9.64 Å². The Morgan fingerprint density at radius 3 is 2.18 bits per heavy atom. The van der Waals surface area contributed by atoms with E-state index >= 15 is 0 Å². The van der Waals surface area contributed by atoms with Crippen molar-refractivity contribution >= 4 is 11.9 Å². The zero-order chi connectivity index (χ0) is 27.3. The van der Waals surface area contributed by atoms with E-state index in [1.807, 2.05) is 0 Å². The smallest absolute Gasteiger partial charge is 0.306 e. The van der Waals surface area contributed by atoms with Crippen LogP contribution >= 0.6 is 0 Å². The van der Waals surface area contributed by atoms with E-state index < -0.39 is 0 Å². The van der Waals surface area contributed by atoms with Crippen LogP contribution in [0.4, 0.5) is 0 Å². The van der Waals surface area contributed by atoms with Crippen LogP contribution in [0.1, 0.15) is 150 Å². The highest BCUT2D eigenvalue weighted by Crippen LogP contribution is 2.66. The van der Waals surface area contributed by atoms with Gasteiger partial charge in [-0.05, 0) is 86.9 Å². The lowest BCUT2D eigenvalue weighted by molar-refractivity contribution is -0.164. The summed E-state index contributed by atoms with van der Waals surface area (Å²) >= 11 is 0. The average molecular weight is 530 g/mol. The molecule has 0 spiro atoms. The molecule has 1 unspecified atom stereocenters. The lowest BCUT2D eigenvalue weighted by Crippen LogP contribution is -2.61. The van der Waals surface area contributed by atoms with Gasteiger partial charge in [-0.1, -0.05) is 78.6 Å². The second-order valence-electron chi connectivity index (χ2n) is 14.3. The van der Waals surface area contributed by atoms with Gasteiger partial charge in [-0.25, -0.2) is 0 Å². The van der Waals surface area contributed by atoms with E-state index in [1.54, 1.807) is 0 Å². The number of amides is 1. The van der Waals surface area contributed by atoms with Gasteiger partial charge in [-0.2, -0.15) is 0 Å². The van der Waals surface area contributed by atoms with Gasteiger partial charge >= 0.3 is 5.97 Å². The van der Waals surface area contributed by atoms with Crippen LogP contribution in [0.15, 0.2) is 0 Å². The third-order valence-electron chi connectivity index (χ3n) is 12.2. The highest BCUT2D eigenvalue weighted by molar-refractivity contribution is 5.77. The highest BCUT2D eigenvalue weighted by atomic mass is 16.5. The van der Waals surface area contributed by atoms with Crippen LogP contribution in [0.25, 0.3) is 0 Å². The Morgan fingerprint density at radius 2 is 1.50 bits per heavy atom. The molecule has 3 saturated carbocycles. The predicted octanol–water partition coefficient (Wildman–Crippen LogP) is 8.71. The molecular weight excluding hydrogens is 470 g/mol. The van der Waals surface area contributed by atoms with Crippen molar-refractivity contribution in [1.82, 2.24) is 4.90 Å². The number of likely N-dealkylation sites (tertiary alicyclic amines) is 1. The number of piperidine rings is 1. The predicted molar refractivity (Wildman–Crippen MR) is 156 cm³/mol. The lowest BCUT2D eigenvalue weighted by atomic mass is 9.46. The molecule has 1 aliphatic heterocycles. The molecule has 4 fully saturated rings. The van der Waals surface area contributed by atoms with Crippen molar-refractivity contribution in [3.63, 3.8) is 0 Å². The molecule has 0 radical (unpaired) electrons. The molecular formula is C34H59NO3. The molecule has 4 nitrogen and oxygen atoms in total.